The number of cyclic esters (lactones) is 1. The third kappa shape index (κ3) is 5.49. The maximum atomic E-state index is 12.8. The molecule has 142 valence electrons. The minimum atomic E-state index is -1.05. The SMILES string of the molecule is CC[C@H]1CCCCc2ccccc2[C@@H](C(=O)C[C@@H](O)CC(C)=O)OC1=O. The normalized spacial score (nSPS) is 22.0. The van der Waals surface area contributed by atoms with Crippen LogP contribution in [0.4, 0.5) is 0 Å². The molecular formula is C21H28O5. The first kappa shape index (κ1) is 20.3. The van der Waals surface area contributed by atoms with Gasteiger partial charge in [0.05, 0.1) is 12.0 Å². The van der Waals surface area contributed by atoms with Gasteiger partial charge in [0, 0.05) is 18.4 Å². The highest BCUT2D eigenvalue weighted by Gasteiger charge is 2.31. The zero-order valence-electron chi connectivity index (χ0n) is 15.6. The van der Waals surface area contributed by atoms with Gasteiger partial charge >= 0.3 is 5.97 Å². The summed E-state index contributed by atoms with van der Waals surface area (Å²) in [5.74, 6) is -1.11. The standard InChI is InChI=1S/C21H28O5/c1-3-15-8-4-5-9-16-10-6-7-11-18(16)20(26-21(15)25)19(24)13-17(23)12-14(2)22/h6-7,10-11,15,17,20,23H,3-5,8-9,12-13H2,1-2H3/t15-,17-,20-/m0/s1. The van der Waals surface area contributed by atoms with Gasteiger partial charge in [-0.1, -0.05) is 37.6 Å². The predicted molar refractivity (Wildman–Crippen MR) is 97.5 cm³/mol. The molecule has 0 radical (unpaired) electrons. The summed E-state index contributed by atoms with van der Waals surface area (Å²) in [5.41, 5.74) is 1.69. The highest BCUT2D eigenvalue weighted by atomic mass is 16.5. The molecule has 0 aromatic heterocycles. The van der Waals surface area contributed by atoms with Crippen molar-refractivity contribution in [2.75, 3.05) is 0 Å². The lowest BCUT2D eigenvalue weighted by Gasteiger charge is -2.25. The molecule has 1 aliphatic heterocycles. The molecule has 0 saturated heterocycles. The third-order valence-corrected chi connectivity index (χ3v) is 4.90. The minimum Gasteiger partial charge on any atom is -0.449 e. The zero-order chi connectivity index (χ0) is 19.1. The van der Waals surface area contributed by atoms with E-state index in [1.54, 1.807) is 0 Å². The van der Waals surface area contributed by atoms with Crippen LogP contribution in [0, 0.1) is 5.92 Å². The summed E-state index contributed by atoms with van der Waals surface area (Å²) in [4.78, 5) is 36.5. The Morgan fingerprint density at radius 1 is 1.23 bits per heavy atom. The average molecular weight is 360 g/mol. The second-order valence-corrected chi connectivity index (χ2v) is 7.10. The van der Waals surface area contributed by atoms with Crippen LogP contribution in [-0.2, 0) is 25.5 Å². The fourth-order valence-electron chi connectivity index (χ4n) is 3.47. The topological polar surface area (TPSA) is 80.7 Å². The van der Waals surface area contributed by atoms with Crippen LogP contribution in [0.2, 0.25) is 0 Å². The molecule has 5 nitrogen and oxygen atoms in total. The van der Waals surface area contributed by atoms with Gasteiger partial charge in [0.25, 0.3) is 0 Å². The highest BCUT2D eigenvalue weighted by molar-refractivity contribution is 5.88. The molecule has 0 amide bonds. The molecule has 0 spiro atoms. The Hall–Kier alpha value is -2.01. The molecular weight excluding hydrogens is 332 g/mol. The number of Topliss-reactive ketones (excluding diaryl/α,β-unsaturated/α-hetero) is 2. The van der Waals surface area contributed by atoms with Crippen molar-refractivity contribution in [3.05, 3.63) is 35.4 Å². The van der Waals surface area contributed by atoms with Crippen LogP contribution >= 0.6 is 0 Å². The molecule has 2 rings (SSSR count). The summed E-state index contributed by atoms with van der Waals surface area (Å²) in [7, 11) is 0. The van der Waals surface area contributed by atoms with Crippen LogP contribution in [0.1, 0.15) is 69.6 Å². The van der Waals surface area contributed by atoms with Gasteiger partial charge in [-0.3, -0.25) is 14.4 Å². The van der Waals surface area contributed by atoms with E-state index in [0.717, 1.165) is 31.2 Å². The Bertz CT molecular complexity index is 652. The molecule has 1 N–H and O–H groups in total. The van der Waals surface area contributed by atoms with E-state index in [-0.39, 0.29) is 36.3 Å². The molecule has 0 unspecified atom stereocenters. The Kier molecular flexibility index (Phi) is 7.51. The fourth-order valence-corrected chi connectivity index (χ4v) is 3.47. The van der Waals surface area contributed by atoms with Crippen LogP contribution in [0.25, 0.3) is 0 Å². The minimum absolute atomic E-state index is 0.0777. The van der Waals surface area contributed by atoms with Crippen molar-refractivity contribution >= 4 is 17.5 Å². The smallest absolute Gasteiger partial charge is 0.309 e. The monoisotopic (exact) mass is 360 g/mol. The number of hydrogen-bond acceptors (Lipinski definition) is 5. The number of esters is 1. The van der Waals surface area contributed by atoms with Gasteiger partial charge in [-0.2, -0.15) is 0 Å². The Morgan fingerprint density at radius 3 is 2.65 bits per heavy atom. The lowest BCUT2D eigenvalue weighted by molar-refractivity contribution is -0.161. The number of fused-ring (bicyclic) bond motifs is 1. The first-order valence-corrected chi connectivity index (χ1v) is 9.40. The van der Waals surface area contributed by atoms with E-state index in [9.17, 15) is 19.5 Å². The molecule has 0 fully saturated rings. The molecule has 1 aromatic rings. The number of aliphatic hydroxyl groups is 1. The van der Waals surface area contributed by atoms with Crippen molar-refractivity contribution in [1.82, 2.24) is 0 Å². The largest absolute Gasteiger partial charge is 0.449 e. The number of ketones is 2. The molecule has 0 aliphatic carbocycles. The molecule has 1 aromatic carbocycles. The van der Waals surface area contributed by atoms with Crippen LogP contribution in [0.3, 0.4) is 0 Å². The Labute approximate surface area is 154 Å². The van der Waals surface area contributed by atoms with Crippen molar-refractivity contribution < 1.29 is 24.2 Å². The third-order valence-electron chi connectivity index (χ3n) is 4.90. The van der Waals surface area contributed by atoms with Gasteiger partial charge in [0.2, 0.25) is 0 Å². The summed E-state index contributed by atoms with van der Waals surface area (Å²) >= 11 is 0. The van der Waals surface area contributed by atoms with Crippen LogP contribution < -0.4 is 0 Å². The quantitative estimate of drug-likeness (QED) is 0.787. The Balaban J connectivity index is 2.30. The van der Waals surface area contributed by atoms with Gasteiger partial charge in [0.15, 0.2) is 11.9 Å². The maximum Gasteiger partial charge on any atom is 0.309 e. The first-order chi connectivity index (χ1) is 12.4. The van der Waals surface area contributed by atoms with Crippen LogP contribution in [0.5, 0.6) is 0 Å². The molecule has 5 heteroatoms. The average Bonchev–Trinajstić information content (AvgIpc) is 2.59. The summed E-state index contributed by atoms with van der Waals surface area (Å²) in [6, 6.07) is 7.49. The van der Waals surface area contributed by atoms with Crippen LogP contribution in [-0.4, -0.2) is 28.7 Å². The number of hydrogen-bond donors (Lipinski definition) is 1. The van der Waals surface area contributed by atoms with E-state index in [4.69, 9.17) is 4.74 Å². The summed E-state index contributed by atoms with van der Waals surface area (Å²) in [5, 5.41) is 9.98. The number of carbonyl (C=O) groups is 3. The van der Waals surface area contributed by atoms with Crippen molar-refractivity contribution in [1.29, 1.82) is 0 Å². The second-order valence-electron chi connectivity index (χ2n) is 7.10. The predicted octanol–water partition coefficient (Wildman–Crippen LogP) is 3.32. The number of rotatable bonds is 6. The lowest BCUT2D eigenvalue weighted by Crippen LogP contribution is -2.28. The van der Waals surface area contributed by atoms with E-state index in [0.29, 0.717) is 12.0 Å². The summed E-state index contributed by atoms with van der Waals surface area (Å²) < 4.78 is 5.64. The highest BCUT2D eigenvalue weighted by Crippen LogP contribution is 2.30. The van der Waals surface area contributed by atoms with E-state index in [1.807, 2.05) is 31.2 Å². The first-order valence-electron chi connectivity index (χ1n) is 9.40. The summed E-state index contributed by atoms with van der Waals surface area (Å²) in [6.07, 6.45) is 1.79. The van der Waals surface area contributed by atoms with E-state index >= 15 is 0 Å². The number of aryl methyl sites for hydroxylation is 1. The van der Waals surface area contributed by atoms with Gasteiger partial charge in [-0.25, -0.2) is 0 Å². The van der Waals surface area contributed by atoms with E-state index < -0.39 is 12.2 Å². The second kappa shape index (κ2) is 9.62. The lowest BCUT2D eigenvalue weighted by atomic mass is 9.90. The summed E-state index contributed by atoms with van der Waals surface area (Å²) in [6.45, 7) is 3.32. The van der Waals surface area contributed by atoms with Crippen molar-refractivity contribution in [3.8, 4) is 0 Å². The molecule has 0 saturated carbocycles. The van der Waals surface area contributed by atoms with Gasteiger partial charge < -0.3 is 9.84 Å². The molecule has 3 atom stereocenters. The van der Waals surface area contributed by atoms with Gasteiger partial charge in [-0.15, -0.1) is 0 Å². The molecule has 1 heterocycles. The van der Waals surface area contributed by atoms with Crippen molar-refractivity contribution in [3.63, 3.8) is 0 Å². The number of carbonyl (C=O) groups excluding carboxylic acids is 3. The number of ether oxygens (including phenoxy) is 1. The maximum absolute atomic E-state index is 12.8. The zero-order valence-corrected chi connectivity index (χ0v) is 15.6. The van der Waals surface area contributed by atoms with E-state index in [2.05, 4.69) is 0 Å². The molecule has 1 aliphatic rings. The Morgan fingerprint density at radius 2 is 1.96 bits per heavy atom. The van der Waals surface area contributed by atoms with E-state index in [1.165, 1.54) is 6.92 Å². The van der Waals surface area contributed by atoms with Gasteiger partial charge in [0.1, 0.15) is 5.78 Å². The van der Waals surface area contributed by atoms with Gasteiger partial charge in [-0.05, 0) is 38.2 Å². The molecule has 0 bridgehead atoms. The molecule has 26 heavy (non-hydrogen) atoms. The number of benzene rings is 1. The number of aliphatic hydroxyl groups excluding tert-OH is 1. The van der Waals surface area contributed by atoms with Crippen molar-refractivity contribution in [2.45, 2.75) is 71.0 Å². The fraction of sp³-hybridized carbons (Fsp3) is 0.571. The van der Waals surface area contributed by atoms with Crippen molar-refractivity contribution in [2.24, 2.45) is 5.92 Å². The van der Waals surface area contributed by atoms with Crippen LogP contribution in [0.15, 0.2) is 24.3 Å².